The Hall–Kier alpha value is -2.62. The molecule has 1 aliphatic carbocycles. The van der Waals surface area contributed by atoms with E-state index < -0.39 is 11.4 Å². The summed E-state index contributed by atoms with van der Waals surface area (Å²) in [6.45, 7) is 6.03. The molecule has 2 aliphatic rings. The number of aryl methyl sites for hydroxylation is 1. The van der Waals surface area contributed by atoms with Crippen LogP contribution in [0.2, 0.25) is 5.21 Å². The zero-order chi connectivity index (χ0) is 24.4. The molecule has 2 N–H and O–H groups in total. The van der Waals surface area contributed by atoms with Crippen LogP contribution in [0.3, 0.4) is 0 Å². The number of hydrogen-bond acceptors (Lipinski definition) is 6. The van der Waals surface area contributed by atoms with Crippen LogP contribution in [-0.4, -0.2) is 61.6 Å². The van der Waals surface area contributed by atoms with Crippen molar-refractivity contribution < 1.29 is 14.7 Å². The van der Waals surface area contributed by atoms with Crippen molar-refractivity contribution in [1.82, 2.24) is 9.88 Å². The van der Waals surface area contributed by atoms with E-state index in [1.165, 1.54) is 6.20 Å². The van der Waals surface area contributed by atoms with Gasteiger partial charge in [0.25, 0.3) is 0 Å². The van der Waals surface area contributed by atoms with E-state index in [-0.39, 0.29) is 38.0 Å². The molecule has 8 nitrogen and oxygen atoms in total. The normalized spacial score (nSPS) is 19.1. The second-order valence-electron chi connectivity index (χ2n) is 9.24. The van der Waals surface area contributed by atoms with Crippen molar-refractivity contribution in [3.63, 3.8) is 0 Å². The van der Waals surface area contributed by atoms with Gasteiger partial charge >= 0.3 is 196 Å². The molecule has 34 heavy (non-hydrogen) atoms. The summed E-state index contributed by atoms with van der Waals surface area (Å²) in [6, 6.07) is 6.36. The van der Waals surface area contributed by atoms with Crippen LogP contribution in [0.1, 0.15) is 54.6 Å². The van der Waals surface area contributed by atoms with Crippen molar-refractivity contribution in [3.8, 4) is 6.07 Å². The van der Waals surface area contributed by atoms with Gasteiger partial charge in [0.05, 0.1) is 0 Å². The second-order valence-corrected chi connectivity index (χ2v) is 12.0. The molecular formula is C25H30AsN4O4. The molecule has 1 aromatic heterocycles. The molecule has 2 heterocycles. The summed E-state index contributed by atoms with van der Waals surface area (Å²) >= 11 is -0.368. The van der Waals surface area contributed by atoms with E-state index >= 15 is 0 Å². The Labute approximate surface area is 205 Å². The average molecular weight is 525 g/mol. The number of aromatic carboxylic acids is 1. The molecule has 2 unspecified atom stereocenters. The Kier molecular flexibility index (Phi) is 7.44. The number of nitrogens with one attached hydrogen (secondary N) is 1. The van der Waals surface area contributed by atoms with E-state index in [1.54, 1.807) is 13.0 Å². The monoisotopic (exact) mass is 525 g/mol. The Morgan fingerprint density at radius 1 is 1.32 bits per heavy atom. The van der Waals surface area contributed by atoms with Crippen LogP contribution in [0.25, 0.3) is 10.9 Å². The Bertz CT molecular complexity index is 1210. The van der Waals surface area contributed by atoms with Gasteiger partial charge in [-0.15, -0.1) is 0 Å². The van der Waals surface area contributed by atoms with Gasteiger partial charge < -0.3 is 5.11 Å². The molecule has 4 rings (SSSR count). The summed E-state index contributed by atoms with van der Waals surface area (Å²) < 4.78 is 2.26. The van der Waals surface area contributed by atoms with Gasteiger partial charge in [-0.1, -0.05) is 0 Å². The van der Waals surface area contributed by atoms with E-state index in [2.05, 4.69) is 16.3 Å². The number of nitrogens with zero attached hydrogens (tertiary/aromatic N) is 3. The van der Waals surface area contributed by atoms with Gasteiger partial charge in [-0.3, -0.25) is 0 Å². The van der Waals surface area contributed by atoms with Gasteiger partial charge in [-0.05, 0) is 0 Å². The summed E-state index contributed by atoms with van der Waals surface area (Å²) in [5, 5.41) is 23.2. The molecule has 0 spiro atoms. The fraction of sp³-hybridized carbons (Fsp3) is 0.520. The van der Waals surface area contributed by atoms with Crippen LogP contribution in [0, 0.1) is 24.2 Å². The predicted molar refractivity (Wildman–Crippen MR) is 132 cm³/mol. The molecule has 1 saturated carbocycles. The number of rotatable bonds is 10. The molecule has 1 saturated heterocycles. The first-order valence-corrected chi connectivity index (χ1v) is 14.0. The maximum absolute atomic E-state index is 12.9. The van der Waals surface area contributed by atoms with Gasteiger partial charge in [0.2, 0.25) is 0 Å². The summed E-state index contributed by atoms with van der Waals surface area (Å²) in [6.07, 6.45) is 4.94. The number of aromatic nitrogens is 1. The standard InChI is InChI=1S/C25H30AsN4O4/c1-15-22(29-11-8-17(13-29)21(12-26-16(2)31)28-10-3-9-27)7-6-19-23(15)30(18-4-5-18)14-20(24(19)32)25(33)34/h6-7,14,17-18,21,28H,3-5,8,10-13H2,1-2H3,(H,33,34). The number of fused-ring (bicyclic) bond motifs is 1. The van der Waals surface area contributed by atoms with Gasteiger partial charge in [-0.25, -0.2) is 4.79 Å². The summed E-state index contributed by atoms with van der Waals surface area (Å²) in [5.41, 5.74) is 2.31. The third kappa shape index (κ3) is 5.06. The first kappa shape index (κ1) is 24.5. The number of anilines is 1. The van der Waals surface area contributed by atoms with E-state index in [9.17, 15) is 19.5 Å². The van der Waals surface area contributed by atoms with Crippen molar-refractivity contribution in [2.45, 2.75) is 56.8 Å². The Morgan fingerprint density at radius 2 is 2.09 bits per heavy atom. The molecule has 1 radical (unpaired) electrons. The second kappa shape index (κ2) is 10.3. The van der Waals surface area contributed by atoms with Crippen molar-refractivity contribution in [1.29, 1.82) is 5.26 Å². The minimum atomic E-state index is -1.19. The topological polar surface area (TPSA) is 115 Å². The summed E-state index contributed by atoms with van der Waals surface area (Å²) in [5.74, 6) is -0.809. The van der Waals surface area contributed by atoms with E-state index in [1.807, 2.05) is 17.6 Å². The number of benzene rings is 1. The molecule has 2 aromatic rings. The molecule has 179 valence electrons. The fourth-order valence-electron chi connectivity index (χ4n) is 5.00. The number of nitriles is 1. The molecular weight excluding hydrogens is 495 g/mol. The third-order valence-electron chi connectivity index (χ3n) is 6.88. The zero-order valence-electron chi connectivity index (χ0n) is 19.6. The Morgan fingerprint density at radius 3 is 2.74 bits per heavy atom. The summed E-state index contributed by atoms with van der Waals surface area (Å²) in [4.78, 5) is 38.5. The number of pyridine rings is 1. The molecule has 2 atom stereocenters. The van der Waals surface area contributed by atoms with E-state index in [0.717, 1.165) is 54.3 Å². The number of carbonyl (C=O) groups is 2. The Balaban J connectivity index is 1.63. The number of carbonyl (C=O) groups excluding carboxylic acids is 1. The van der Waals surface area contributed by atoms with Crippen LogP contribution in [-0.2, 0) is 4.79 Å². The predicted octanol–water partition coefficient (Wildman–Crippen LogP) is 2.71. The molecule has 1 aliphatic heterocycles. The van der Waals surface area contributed by atoms with Crippen molar-refractivity contribution >= 4 is 42.9 Å². The van der Waals surface area contributed by atoms with Gasteiger partial charge in [0, 0.05) is 0 Å². The molecule has 9 heteroatoms. The molecule has 1 aromatic carbocycles. The van der Waals surface area contributed by atoms with Crippen molar-refractivity contribution in [2.75, 3.05) is 24.5 Å². The number of carboxylic acids is 1. The fourth-order valence-corrected chi connectivity index (χ4v) is 6.85. The van der Waals surface area contributed by atoms with Crippen molar-refractivity contribution in [3.05, 3.63) is 39.7 Å². The quantitative estimate of drug-likeness (QED) is 0.362. The average Bonchev–Trinajstić information content (AvgIpc) is 3.53. The minimum absolute atomic E-state index is 0.174. The zero-order valence-corrected chi connectivity index (χ0v) is 21.5. The van der Waals surface area contributed by atoms with Gasteiger partial charge in [0.1, 0.15) is 0 Å². The maximum atomic E-state index is 12.9. The molecule has 2 fully saturated rings. The van der Waals surface area contributed by atoms with Crippen molar-refractivity contribution in [2.24, 2.45) is 5.92 Å². The first-order valence-electron chi connectivity index (χ1n) is 11.8. The van der Waals surface area contributed by atoms with E-state index in [4.69, 9.17) is 5.26 Å². The van der Waals surface area contributed by atoms with Crippen LogP contribution >= 0.6 is 0 Å². The van der Waals surface area contributed by atoms with Crippen LogP contribution in [0.4, 0.5) is 5.69 Å². The SMILES string of the molecule is CC(=O)[As]CC(NCCC#N)C1CCN(c2ccc3c(=O)c(C(=O)O)cn(C4CC4)c3c2C)C1. The van der Waals surface area contributed by atoms with Gasteiger partial charge in [0.15, 0.2) is 0 Å². The molecule has 0 amide bonds. The summed E-state index contributed by atoms with van der Waals surface area (Å²) in [7, 11) is 0. The van der Waals surface area contributed by atoms with E-state index in [0.29, 0.717) is 24.3 Å². The van der Waals surface area contributed by atoms with Gasteiger partial charge in [-0.2, -0.15) is 0 Å². The number of hydrogen-bond donors (Lipinski definition) is 2. The molecule has 0 bridgehead atoms. The number of carboxylic acid groups (broad SMARTS) is 1. The van der Waals surface area contributed by atoms with Crippen LogP contribution in [0.5, 0.6) is 0 Å². The third-order valence-corrected chi connectivity index (χ3v) is 9.02. The van der Waals surface area contributed by atoms with Crippen LogP contribution < -0.4 is 15.6 Å². The van der Waals surface area contributed by atoms with Crippen LogP contribution in [0.15, 0.2) is 23.1 Å². The first-order chi connectivity index (χ1) is 16.3.